The van der Waals surface area contributed by atoms with Crippen LogP contribution >= 0.6 is 15.9 Å². The maximum atomic E-state index is 5.51. The van der Waals surface area contributed by atoms with Gasteiger partial charge in [0.2, 0.25) is 0 Å². The number of fused-ring (bicyclic) bond motifs is 2. The second-order valence-corrected chi connectivity index (χ2v) is 4.64. The first-order valence-electron chi connectivity index (χ1n) is 4.52. The molecule has 0 amide bonds. The number of hydrogen-bond donors (Lipinski definition) is 0. The van der Waals surface area contributed by atoms with Gasteiger partial charge in [0.15, 0.2) is 0 Å². The quantitative estimate of drug-likeness (QED) is 0.615. The first-order chi connectivity index (χ1) is 5.38. The van der Waals surface area contributed by atoms with Gasteiger partial charge in [0.25, 0.3) is 0 Å². The highest BCUT2D eigenvalue weighted by Crippen LogP contribution is 2.37. The average molecular weight is 219 g/mol. The molecule has 11 heavy (non-hydrogen) atoms. The summed E-state index contributed by atoms with van der Waals surface area (Å²) < 4.78 is 5.51. The average Bonchev–Trinajstić information content (AvgIpc) is 2.03. The Morgan fingerprint density at radius 3 is 2.27 bits per heavy atom. The summed E-state index contributed by atoms with van der Waals surface area (Å²) in [5, 5.41) is 1.19. The predicted octanol–water partition coefficient (Wildman–Crippen LogP) is 2.44. The van der Waals surface area contributed by atoms with Crippen LogP contribution in [0.25, 0.3) is 0 Å². The Balaban J connectivity index is 1.94. The Labute approximate surface area is 76.6 Å². The Bertz CT molecular complexity index is 126. The third-order valence-electron chi connectivity index (χ3n) is 2.93. The van der Waals surface area contributed by atoms with Crippen LogP contribution in [0.1, 0.15) is 19.3 Å². The first kappa shape index (κ1) is 8.06. The van der Waals surface area contributed by atoms with Gasteiger partial charge in [0.1, 0.15) is 0 Å². The van der Waals surface area contributed by atoms with E-state index in [4.69, 9.17) is 4.74 Å². The zero-order valence-corrected chi connectivity index (χ0v) is 8.35. The van der Waals surface area contributed by atoms with Crippen molar-refractivity contribution in [3.63, 3.8) is 0 Å². The fraction of sp³-hybridized carbons (Fsp3) is 1.00. The number of rotatable bonds is 1. The highest BCUT2D eigenvalue weighted by atomic mass is 79.9. The van der Waals surface area contributed by atoms with Crippen molar-refractivity contribution in [3.05, 3.63) is 0 Å². The molecular formula is C9H15BrO. The van der Waals surface area contributed by atoms with Crippen molar-refractivity contribution in [2.24, 2.45) is 17.8 Å². The van der Waals surface area contributed by atoms with Crippen LogP contribution in [0.5, 0.6) is 0 Å². The van der Waals surface area contributed by atoms with Crippen molar-refractivity contribution >= 4 is 15.9 Å². The third-order valence-corrected chi connectivity index (χ3v) is 3.84. The molecule has 1 nitrogen and oxygen atoms in total. The van der Waals surface area contributed by atoms with Crippen LogP contribution in [0.15, 0.2) is 0 Å². The molecule has 64 valence electrons. The monoisotopic (exact) mass is 218 g/mol. The molecule has 1 saturated heterocycles. The number of halogens is 1. The van der Waals surface area contributed by atoms with Crippen molar-refractivity contribution in [1.29, 1.82) is 0 Å². The van der Waals surface area contributed by atoms with Crippen molar-refractivity contribution in [2.45, 2.75) is 19.3 Å². The molecule has 1 aliphatic heterocycles. The Morgan fingerprint density at radius 2 is 1.73 bits per heavy atom. The van der Waals surface area contributed by atoms with E-state index in [9.17, 15) is 0 Å². The van der Waals surface area contributed by atoms with Gasteiger partial charge in [-0.2, -0.15) is 0 Å². The molecule has 0 aromatic carbocycles. The molecule has 0 spiro atoms. The lowest BCUT2D eigenvalue weighted by atomic mass is 9.75. The van der Waals surface area contributed by atoms with Gasteiger partial charge in [0.05, 0.1) is 0 Å². The number of alkyl halides is 1. The van der Waals surface area contributed by atoms with E-state index in [0.717, 1.165) is 31.0 Å². The van der Waals surface area contributed by atoms with E-state index < -0.39 is 0 Å². The van der Waals surface area contributed by atoms with E-state index in [1.165, 1.54) is 24.6 Å². The summed E-state index contributed by atoms with van der Waals surface area (Å²) in [5.74, 6) is 2.69. The smallest absolute Gasteiger partial charge is 0.0494 e. The van der Waals surface area contributed by atoms with Crippen LogP contribution in [0.2, 0.25) is 0 Å². The van der Waals surface area contributed by atoms with Gasteiger partial charge in [0, 0.05) is 18.5 Å². The molecule has 2 aliphatic rings. The fourth-order valence-electron chi connectivity index (χ4n) is 2.50. The molecular weight excluding hydrogens is 204 g/mol. The van der Waals surface area contributed by atoms with Gasteiger partial charge < -0.3 is 4.74 Å². The van der Waals surface area contributed by atoms with Gasteiger partial charge >= 0.3 is 0 Å². The van der Waals surface area contributed by atoms with E-state index in [2.05, 4.69) is 15.9 Å². The maximum Gasteiger partial charge on any atom is 0.0494 e. The molecule has 2 bridgehead atoms. The minimum atomic E-state index is 0.880. The molecule has 0 N–H and O–H groups in total. The maximum absolute atomic E-state index is 5.51. The van der Waals surface area contributed by atoms with E-state index >= 15 is 0 Å². The summed E-state index contributed by atoms with van der Waals surface area (Å²) in [6.07, 6.45) is 4.22. The summed E-state index contributed by atoms with van der Waals surface area (Å²) in [6.45, 7) is 2.06. The summed E-state index contributed by atoms with van der Waals surface area (Å²) >= 11 is 3.58. The summed E-state index contributed by atoms with van der Waals surface area (Å²) in [4.78, 5) is 0. The topological polar surface area (TPSA) is 9.23 Å². The molecule has 2 heteroatoms. The van der Waals surface area contributed by atoms with Crippen molar-refractivity contribution < 1.29 is 4.74 Å². The van der Waals surface area contributed by atoms with E-state index in [-0.39, 0.29) is 0 Å². The first-order valence-corrected chi connectivity index (χ1v) is 5.64. The molecule has 1 heterocycles. The van der Waals surface area contributed by atoms with E-state index in [0.29, 0.717) is 0 Å². The normalized spacial score (nSPS) is 43.9. The number of ether oxygens (including phenoxy) is 1. The van der Waals surface area contributed by atoms with E-state index in [1.807, 2.05) is 0 Å². The molecule has 2 fully saturated rings. The summed E-state index contributed by atoms with van der Waals surface area (Å²) in [7, 11) is 0. The molecule has 3 atom stereocenters. The zero-order chi connectivity index (χ0) is 7.68. The number of hydrogen-bond acceptors (Lipinski definition) is 1. The van der Waals surface area contributed by atoms with Gasteiger partial charge in [-0.15, -0.1) is 0 Å². The highest BCUT2D eigenvalue weighted by Gasteiger charge is 2.31. The molecule has 1 saturated carbocycles. The minimum Gasteiger partial charge on any atom is -0.381 e. The Hall–Kier alpha value is 0.440. The fourth-order valence-corrected chi connectivity index (χ4v) is 3.03. The van der Waals surface area contributed by atoms with Gasteiger partial charge in [-0.05, 0) is 37.0 Å². The van der Waals surface area contributed by atoms with Crippen molar-refractivity contribution in [1.82, 2.24) is 0 Å². The second kappa shape index (κ2) is 3.44. The molecule has 2 rings (SSSR count). The molecule has 0 radical (unpaired) electrons. The predicted molar refractivity (Wildman–Crippen MR) is 48.9 cm³/mol. The summed E-state index contributed by atoms with van der Waals surface area (Å²) in [6, 6.07) is 0. The largest absolute Gasteiger partial charge is 0.381 e. The molecule has 0 aromatic heterocycles. The van der Waals surface area contributed by atoms with Crippen molar-refractivity contribution in [3.8, 4) is 0 Å². The molecule has 0 aromatic rings. The Morgan fingerprint density at radius 1 is 1.09 bits per heavy atom. The SMILES string of the molecule is BrCC1C[C@H]2COC[C@@H](C1)C2. The second-order valence-electron chi connectivity index (χ2n) is 4.00. The van der Waals surface area contributed by atoms with Crippen LogP contribution in [0.3, 0.4) is 0 Å². The minimum absolute atomic E-state index is 0.880. The van der Waals surface area contributed by atoms with Crippen LogP contribution in [-0.2, 0) is 4.74 Å². The lowest BCUT2D eigenvalue weighted by Gasteiger charge is -2.38. The summed E-state index contributed by atoms with van der Waals surface area (Å²) in [5.41, 5.74) is 0. The van der Waals surface area contributed by atoms with Crippen LogP contribution < -0.4 is 0 Å². The van der Waals surface area contributed by atoms with E-state index in [1.54, 1.807) is 0 Å². The van der Waals surface area contributed by atoms with Gasteiger partial charge in [-0.3, -0.25) is 0 Å². The molecule has 1 aliphatic carbocycles. The Kier molecular flexibility index (Phi) is 2.52. The molecule has 1 unspecified atom stereocenters. The van der Waals surface area contributed by atoms with Crippen LogP contribution in [0, 0.1) is 17.8 Å². The highest BCUT2D eigenvalue weighted by molar-refractivity contribution is 9.09. The lowest BCUT2D eigenvalue weighted by molar-refractivity contribution is -0.0230. The zero-order valence-electron chi connectivity index (χ0n) is 6.76. The van der Waals surface area contributed by atoms with Crippen LogP contribution in [-0.4, -0.2) is 18.5 Å². The van der Waals surface area contributed by atoms with Gasteiger partial charge in [-0.25, -0.2) is 0 Å². The van der Waals surface area contributed by atoms with Crippen molar-refractivity contribution in [2.75, 3.05) is 18.5 Å². The van der Waals surface area contributed by atoms with Crippen LogP contribution in [0.4, 0.5) is 0 Å². The third kappa shape index (κ3) is 1.78. The standard InChI is InChI=1S/C9H15BrO/c10-4-7-1-8-3-9(2-7)6-11-5-8/h7-9H,1-6H2/t7?,8-,9+. The van der Waals surface area contributed by atoms with Gasteiger partial charge in [-0.1, -0.05) is 15.9 Å². The lowest BCUT2D eigenvalue weighted by Crippen LogP contribution is -2.34.